The van der Waals surface area contributed by atoms with Gasteiger partial charge in [-0.1, -0.05) is 0 Å². The van der Waals surface area contributed by atoms with Gasteiger partial charge >= 0.3 is 0 Å². The summed E-state index contributed by atoms with van der Waals surface area (Å²) < 4.78 is 25.5. The van der Waals surface area contributed by atoms with Crippen molar-refractivity contribution in [3.63, 3.8) is 0 Å². The molecule has 0 spiro atoms. The molecule has 1 aromatic carbocycles. The van der Waals surface area contributed by atoms with Gasteiger partial charge in [0.1, 0.15) is 11.6 Å². The number of hydrogen-bond acceptors (Lipinski definition) is 2. The van der Waals surface area contributed by atoms with E-state index in [9.17, 15) is 13.6 Å². The first-order valence-electron chi connectivity index (χ1n) is 3.44. The maximum atomic E-state index is 12.9. The number of ketones is 1. The molecule has 0 amide bonds. The Hall–Kier alpha value is -0.810. The summed E-state index contributed by atoms with van der Waals surface area (Å²) in [7, 11) is 0. The van der Waals surface area contributed by atoms with Gasteiger partial charge in [-0.05, 0) is 22.0 Å². The van der Waals surface area contributed by atoms with E-state index in [4.69, 9.17) is 5.73 Å². The number of halogens is 3. The van der Waals surface area contributed by atoms with Gasteiger partial charge in [0.05, 0.1) is 11.0 Å². The molecular formula is C8H6BrF2NO. The molecule has 0 saturated carbocycles. The number of benzene rings is 1. The maximum Gasteiger partial charge on any atom is 0.177 e. The molecule has 0 saturated heterocycles. The standard InChI is InChI=1S/C8H6BrF2NO/c9-8-5(7(13)3-12)1-4(10)2-6(8)11/h1-2H,3,12H2. The summed E-state index contributed by atoms with van der Waals surface area (Å²) in [5, 5.41) is 0. The van der Waals surface area contributed by atoms with E-state index in [1.54, 1.807) is 0 Å². The van der Waals surface area contributed by atoms with Crippen LogP contribution >= 0.6 is 15.9 Å². The van der Waals surface area contributed by atoms with Gasteiger partial charge in [-0.2, -0.15) is 0 Å². The largest absolute Gasteiger partial charge is 0.324 e. The lowest BCUT2D eigenvalue weighted by Crippen LogP contribution is -2.14. The van der Waals surface area contributed by atoms with E-state index >= 15 is 0 Å². The van der Waals surface area contributed by atoms with Crippen LogP contribution in [0.15, 0.2) is 16.6 Å². The first kappa shape index (κ1) is 10.3. The summed E-state index contributed by atoms with van der Waals surface area (Å²) in [6, 6.07) is 1.64. The van der Waals surface area contributed by atoms with E-state index in [1.807, 2.05) is 0 Å². The highest BCUT2D eigenvalue weighted by Crippen LogP contribution is 2.22. The first-order chi connectivity index (χ1) is 6.06. The van der Waals surface area contributed by atoms with Gasteiger partial charge in [0.2, 0.25) is 0 Å². The zero-order chi connectivity index (χ0) is 10.0. The summed E-state index contributed by atoms with van der Waals surface area (Å²) in [6.45, 7) is -0.276. The molecule has 0 heterocycles. The van der Waals surface area contributed by atoms with Gasteiger partial charge in [0, 0.05) is 11.6 Å². The molecule has 0 aliphatic rings. The van der Waals surface area contributed by atoms with Crippen LogP contribution in [0.1, 0.15) is 10.4 Å². The molecule has 0 bridgehead atoms. The third-order valence-electron chi connectivity index (χ3n) is 1.48. The van der Waals surface area contributed by atoms with Crippen LogP contribution in [0.4, 0.5) is 8.78 Å². The SMILES string of the molecule is NCC(=O)c1cc(F)cc(F)c1Br. The molecule has 0 fully saturated rings. The zero-order valence-electron chi connectivity index (χ0n) is 6.48. The fourth-order valence-corrected chi connectivity index (χ4v) is 1.32. The number of nitrogens with two attached hydrogens (primary N) is 1. The molecule has 0 radical (unpaired) electrons. The Bertz CT molecular complexity index is 354. The molecule has 2 nitrogen and oxygen atoms in total. The van der Waals surface area contributed by atoms with Gasteiger partial charge in [-0.25, -0.2) is 8.78 Å². The van der Waals surface area contributed by atoms with Crippen molar-refractivity contribution in [2.24, 2.45) is 5.73 Å². The molecule has 70 valence electrons. The van der Waals surface area contributed by atoms with Gasteiger partial charge in [-0.15, -0.1) is 0 Å². The van der Waals surface area contributed by atoms with Crippen LogP contribution in [0.3, 0.4) is 0 Å². The van der Waals surface area contributed by atoms with Crippen LogP contribution in [-0.2, 0) is 0 Å². The topological polar surface area (TPSA) is 43.1 Å². The molecule has 0 unspecified atom stereocenters. The molecule has 2 N–H and O–H groups in total. The molecule has 1 aromatic rings. The van der Waals surface area contributed by atoms with Crippen LogP contribution in [0, 0.1) is 11.6 Å². The maximum absolute atomic E-state index is 12.9. The first-order valence-corrected chi connectivity index (χ1v) is 4.23. The van der Waals surface area contributed by atoms with Gasteiger partial charge < -0.3 is 5.73 Å². The average Bonchev–Trinajstić information content (AvgIpc) is 2.10. The summed E-state index contributed by atoms with van der Waals surface area (Å²) >= 11 is 2.84. The summed E-state index contributed by atoms with van der Waals surface area (Å²) in [6.07, 6.45) is 0. The molecule has 13 heavy (non-hydrogen) atoms. The Morgan fingerprint density at radius 2 is 2.08 bits per heavy atom. The van der Waals surface area contributed by atoms with E-state index in [1.165, 1.54) is 0 Å². The van der Waals surface area contributed by atoms with Crippen LogP contribution in [0.5, 0.6) is 0 Å². The average molecular weight is 250 g/mol. The molecule has 5 heteroatoms. The molecule has 0 aliphatic carbocycles. The fourth-order valence-electron chi connectivity index (χ4n) is 0.869. The summed E-state index contributed by atoms with van der Waals surface area (Å²) in [4.78, 5) is 11.1. The van der Waals surface area contributed by atoms with Crippen molar-refractivity contribution in [3.8, 4) is 0 Å². The van der Waals surface area contributed by atoms with Crippen molar-refractivity contribution in [2.75, 3.05) is 6.54 Å². The second-order valence-electron chi connectivity index (χ2n) is 2.38. The van der Waals surface area contributed by atoms with E-state index in [2.05, 4.69) is 15.9 Å². The predicted octanol–water partition coefficient (Wildman–Crippen LogP) is 1.87. The van der Waals surface area contributed by atoms with Crippen molar-refractivity contribution in [3.05, 3.63) is 33.8 Å². The Balaban J connectivity index is 3.28. The van der Waals surface area contributed by atoms with Crippen LogP contribution in [-0.4, -0.2) is 12.3 Å². The molecule has 0 aromatic heterocycles. The summed E-state index contributed by atoms with van der Waals surface area (Å²) in [5.41, 5.74) is 4.99. The lowest BCUT2D eigenvalue weighted by Gasteiger charge is -2.02. The van der Waals surface area contributed by atoms with Gasteiger partial charge in [0.25, 0.3) is 0 Å². The van der Waals surface area contributed by atoms with Crippen molar-refractivity contribution in [1.29, 1.82) is 0 Å². The van der Waals surface area contributed by atoms with Crippen LogP contribution in [0.2, 0.25) is 0 Å². The van der Waals surface area contributed by atoms with Gasteiger partial charge in [-0.3, -0.25) is 4.79 Å². The van der Waals surface area contributed by atoms with E-state index in [0.717, 1.165) is 6.07 Å². The molecule has 1 rings (SSSR count). The van der Waals surface area contributed by atoms with Crippen LogP contribution in [0.25, 0.3) is 0 Å². The number of rotatable bonds is 2. The normalized spacial score (nSPS) is 10.2. The number of hydrogen-bond donors (Lipinski definition) is 1. The number of carbonyl (C=O) groups excluding carboxylic acids is 1. The van der Waals surface area contributed by atoms with Crippen LogP contribution < -0.4 is 5.73 Å². The Morgan fingerprint density at radius 1 is 1.46 bits per heavy atom. The van der Waals surface area contributed by atoms with Crippen molar-refractivity contribution < 1.29 is 13.6 Å². The third-order valence-corrected chi connectivity index (χ3v) is 2.28. The zero-order valence-corrected chi connectivity index (χ0v) is 8.07. The minimum atomic E-state index is -0.809. The molecule has 0 atom stereocenters. The molecule has 0 aliphatic heterocycles. The van der Waals surface area contributed by atoms with E-state index < -0.39 is 17.4 Å². The predicted molar refractivity (Wildman–Crippen MR) is 47.4 cm³/mol. The highest BCUT2D eigenvalue weighted by atomic mass is 79.9. The van der Waals surface area contributed by atoms with Gasteiger partial charge in [0.15, 0.2) is 5.78 Å². The Morgan fingerprint density at radius 3 is 2.62 bits per heavy atom. The lowest BCUT2D eigenvalue weighted by atomic mass is 10.1. The Kier molecular flexibility index (Phi) is 3.11. The van der Waals surface area contributed by atoms with E-state index in [0.29, 0.717) is 6.07 Å². The lowest BCUT2D eigenvalue weighted by molar-refractivity contribution is 0.0999. The summed E-state index contributed by atoms with van der Waals surface area (Å²) in [5.74, 6) is -2.11. The Labute approximate surface area is 81.9 Å². The molecular weight excluding hydrogens is 244 g/mol. The second-order valence-corrected chi connectivity index (χ2v) is 3.17. The highest BCUT2D eigenvalue weighted by molar-refractivity contribution is 9.10. The number of Topliss-reactive ketones (excluding diaryl/α,β-unsaturated/α-hetero) is 1. The quantitative estimate of drug-likeness (QED) is 0.643. The minimum absolute atomic E-state index is 0.0515. The monoisotopic (exact) mass is 249 g/mol. The second kappa shape index (κ2) is 3.93. The highest BCUT2D eigenvalue weighted by Gasteiger charge is 2.13. The van der Waals surface area contributed by atoms with Crippen molar-refractivity contribution >= 4 is 21.7 Å². The third kappa shape index (κ3) is 2.10. The minimum Gasteiger partial charge on any atom is -0.324 e. The van der Waals surface area contributed by atoms with Crippen molar-refractivity contribution in [2.45, 2.75) is 0 Å². The smallest absolute Gasteiger partial charge is 0.177 e. The number of carbonyl (C=O) groups is 1. The van der Waals surface area contributed by atoms with Crippen molar-refractivity contribution in [1.82, 2.24) is 0 Å². The van der Waals surface area contributed by atoms with E-state index in [-0.39, 0.29) is 16.6 Å². The fraction of sp³-hybridized carbons (Fsp3) is 0.125.